The second-order valence-corrected chi connectivity index (χ2v) is 8.10. The van der Waals surface area contributed by atoms with E-state index in [0.29, 0.717) is 50.0 Å². The van der Waals surface area contributed by atoms with Gasteiger partial charge in [-0.2, -0.15) is 0 Å². The van der Waals surface area contributed by atoms with Gasteiger partial charge >= 0.3 is 0 Å². The second kappa shape index (κ2) is 11.2. The molecule has 0 nitrogen and oxygen atoms in total. The molecule has 0 N–H and O–H groups in total. The normalized spacial score (nSPS) is 27.4. The van der Waals surface area contributed by atoms with Crippen LogP contribution in [0, 0.1) is 29.3 Å². The predicted molar refractivity (Wildman–Crippen MR) is 105 cm³/mol. The maximum absolute atomic E-state index is 13.0. The van der Waals surface area contributed by atoms with Crippen molar-refractivity contribution in [3.8, 4) is 0 Å². The van der Waals surface area contributed by atoms with Crippen molar-refractivity contribution >= 4 is 0 Å². The molecule has 29 heavy (non-hydrogen) atoms. The summed E-state index contributed by atoms with van der Waals surface area (Å²) < 4.78 is 89.1. The molecule has 0 spiro atoms. The molecule has 1 aromatic rings. The Morgan fingerprint density at radius 2 is 1.38 bits per heavy atom. The Balaban J connectivity index is 0. The Bertz CT molecular complexity index is 603. The zero-order valence-electron chi connectivity index (χ0n) is 16.0. The number of hydrogen-bond acceptors (Lipinski definition) is 0. The molecular formula is C22H35F7. The summed E-state index contributed by atoms with van der Waals surface area (Å²) in [6.45, 7) is 0.565. The summed E-state index contributed by atoms with van der Waals surface area (Å²) >= 11 is 0. The van der Waals surface area contributed by atoms with Crippen molar-refractivity contribution in [2.24, 2.45) is 11.8 Å². The van der Waals surface area contributed by atoms with Crippen molar-refractivity contribution in [3.63, 3.8) is 0 Å². The van der Waals surface area contributed by atoms with Crippen LogP contribution in [-0.4, -0.2) is 18.8 Å². The van der Waals surface area contributed by atoms with Crippen molar-refractivity contribution < 1.29 is 33.6 Å². The van der Waals surface area contributed by atoms with E-state index >= 15 is 0 Å². The molecule has 2 fully saturated rings. The van der Waals surface area contributed by atoms with Gasteiger partial charge in [-0.3, -0.25) is 0 Å². The third kappa shape index (κ3) is 7.18. The van der Waals surface area contributed by atoms with Crippen molar-refractivity contribution in [2.75, 3.05) is 6.67 Å². The number of halogens is 7. The first-order valence-corrected chi connectivity index (χ1v) is 9.86. The molecule has 0 amide bonds. The van der Waals surface area contributed by atoms with Crippen molar-refractivity contribution in [1.82, 2.24) is 0 Å². The highest BCUT2D eigenvalue weighted by Crippen LogP contribution is 2.38. The molecule has 0 heterocycles. The Morgan fingerprint density at radius 3 is 1.83 bits per heavy atom. The lowest BCUT2D eigenvalue weighted by Gasteiger charge is -2.30. The fourth-order valence-electron chi connectivity index (χ4n) is 3.99. The summed E-state index contributed by atoms with van der Waals surface area (Å²) in [5.74, 6) is -7.08. The van der Waals surface area contributed by atoms with Crippen molar-refractivity contribution in [3.05, 3.63) is 35.1 Å². The summed E-state index contributed by atoms with van der Waals surface area (Å²) in [5.41, 5.74) is 0.434. The van der Waals surface area contributed by atoms with E-state index in [1.165, 1.54) is 0 Å². The van der Waals surface area contributed by atoms with Crippen LogP contribution in [0.5, 0.6) is 0 Å². The van der Waals surface area contributed by atoms with Crippen LogP contribution in [-0.2, 0) is 0 Å². The van der Waals surface area contributed by atoms with Crippen molar-refractivity contribution in [2.45, 2.75) is 83.7 Å². The molecule has 0 radical (unpaired) electrons. The summed E-state index contributed by atoms with van der Waals surface area (Å²) in [5, 5.41) is 0. The van der Waals surface area contributed by atoms with E-state index in [9.17, 15) is 30.7 Å². The van der Waals surface area contributed by atoms with E-state index < -0.39 is 42.1 Å². The summed E-state index contributed by atoms with van der Waals surface area (Å²) in [6.07, 6.45) is 3.73. The minimum absolute atomic E-state index is 0. The van der Waals surface area contributed by atoms with Gasteiger partial charge in [-0.05, 0) is 68.1 Å². The van der Waals surface area contributed by atoms with Gasteiger partial charge in [0.25, 0.3) is 5.92 Å². The van der Waals surface area contributed by atoms with Crippen LogP contribution in [0.2, 0.25) is 0 Å². The zero-order valence-corrected chi connectivity index (χ0v) is 16.0. The van der Waals surface area contributed by atoms with Gasteiger partial charge < -0.3 is 0 Å². The first kappa shape index (κ1) is 25.8. The number of hydrogen-bond donors (Lipinski definition) is 0. The van der Waals surface area contributed by atoms with Crippen LogP contribution in [0.15, 0.2) is 12.1 Å². The molecule has 3 rings (SSSR count). The Labute approximate surface area is 171 Å². The van der Waals surface area contributed by atoms with Gasteiger partial charge in [0, 0.05) is 8.77 Å². The monoisotopic (exact) mass is 432 g/mol. The molecule has 2 aliphatic carbocycles. The van der Waals surface area contributed by atoms with Crippen LogP contribution in [0.25, 0.3) is 0 Å². The lowest BCUT2D eigenvalue weighted by Crippen LogP contribution is -2.33. The molecule has 7 heteroatoms. The van der Waals surface area contributed by atoms with Gasteiger partial charge in [-0.25, -0.2) is 30.7 Å². The van der Waals surface area contributed by atoms with Crippen LogP contribution in [0.3, 0.4) is 0 Å². The Morgan fingerprint density at radius 1 is 0.897 bits per heavy atom. The molecule has 0 unspecified atom stereocenters. The predicted octanol–water partition coefficient (Wildman–Crippen LogP) is 8.65. The highest BCUT2D eigenvalue weighted by atomic mass is 19.3. The summed E-state index contributed by atoms with van der Waals surface area (Å²) in [6, 6.07) is 2.03. The lowest BCUT2D eigenvalue weighted by atomic mass is 9.80. The quantitative estimate of drug-likeness (QED) is 0.331. The maximum Gasteiger partial charge on any atom is 0.278 e. The van der Waals surface area contributed by atoms with Gasteiger partial charge in [-0.15, -0.1) is 0 Å². The fourth-order valence-corrected chi connectivity index (χ4v) is 3.99. The highest BCUT2D eigenvalue weighted by Gasteiger charge is 2.40. The molecular weight excluding hydrogens is 397 g/mol. The van der Waals surface area contributed by atoms with E-state index in [4.69, 9.17) is 0 Å². The SMILES string of the molecule is C.CC1CCC(C(F)(F)CF)CC1.Fc1cc(C2CCC(F)CC2)cc(F)c1F.[HH].[HH]. The molecule has 0 aromatic heterocycles. The Kier molecular flexibility index (Phi) is 9.96. The van der Waals surface area contributed by atoms with E-state index in [1.54, 1.807) is 0 Å². The van der Waals surface area contributed by atoms with Gasteiger partial charge in [-0.1, -0.05) is 27.2 Å². The minimum Gasteiger partial charge on any atom is -0.247 e. The molecule has 2 saturated carbocycles. The third-order valence-electron chi connectivity index (χ3n) is 5.93. The van der Waals surface area contributed by atoms with Crippen LogP contribution in [0.4, 0.5) is 30.7 Å². The van der Waals surface area contributed by atoms with E-state index in [1.807, 2.05) is 0 Å². The molecule has 0 aliphatic heterocycles. The maximum atomic E-state index is 13.0. The minimum atomic E-state index is -3.07. The zero-order chi connectivity index (χ0) is 20.9. The first-order chi connectivity index (χ1) is 13.1. The average molecular weight is 433 g/mol. The number of benzene rings is 1. The largest absolute Gasteiger partial charge is 0.278 e. The molecule has 0 saturated heterocycles. The van der Waals surface area contributed by atoms with Gasteiger partial charge in [0.05, 0.1) is 0 Å². The molecule has 2 aliphatic rings. The Hall–Kier alpha value is -1.27. The van der Waals surface area contributed by atoms with E-state index in [-0.39, 0.29) is 16.2 Å². The number of rotatable bonds is 3. The smallest absolute Gasteiger partial charge is 0.247 e. The average Bonchev–Trinajstić information content (AvgIpc) is 2.67. The highest BCUT2D eigenvalue weighted by molar-refractivity contribution is 5.23. The summed E-state index contributed by atoms with van der Waals surface area (Å²) in [7, 11) is 0. The standard InChI is InChI=1S/C12H12F4.C9H15F3.CH4.2H2/c13-9-3-1-7(2-4-9)8-5-10(14)12(16)11(15)6-8;1-7-2-4-8(5-3-7)9(11,12)6-10;;;/h5-7,9H,1-4H2;7-8H,2-6H2,1H3;1H4;2*1H. The van der Waals surface area contributed by atoms with Gasteiger partial charge in [0.15, 0.2) is 24.1 Å². The molecule has 0 bridgehead atoms. The fraction of sp³-hybridized carbons (Fsp3) is 0.727. The first-order valence-electron chi connectivity index (χ1n) is 9.86. The van der Waals surface area contributed by atoms with Gasteiger partial charge in [0.1, 0.15) is 6.17 Å². The van der Waals surface area contributed by atoms with E-state index in [2.05, 4.69) is 6.92 Å². The molecule has 172 valence electrons. The third-order valence-corrected chi connectivity index (χ3v) is 5.93. The number of alkyl halides is 4. The topological polar surface area (TPSA) is 0 Å². The molecule has 0 atom stereocenters. The summed E-state index contributed by atoms with van der Waals surface area (Å²) in [4.78, 5) is 0. The second-order valence-electron chi connectivity index (χ2n) is 8.10. The van der Waals surface area contributed by atoms with Crippen LogP contribution >= 0.6 is 0 Å². The lowest BCUT2D eigenvalue weighted by molar-refractivity contribution is -0.0901. The molecule has 1 aromatic carbocycles. The van der Waals surface area contributed by atoms with Crippen LogP contribution in [0.1, 0.15) is 80.1 Å². The van der Waals surface area contributed by atoms with Gasteiger partial charge in [0.2, 0.25) is 0 Å². The van der Waals surface area contributed by atoms with Crippen molar-refractivity contribution in [1.29, 1.82) is 0 Å². The van der Waals surface area contributed by atoms with E-state index in [0.717, 1.165) is 25.0 Å². The van der Waals surface area contributed by atoms with Crippen LogP contribution < -0.4 is 0 Å².